The molecule has 0 atom stereocenters. The first-order chi connectivity index (χ1) is 9.95. The van der Waals surface area contributed by atoms with Crippen LogP contribution in [0.15, 0.2) is 65.1 Å². The predicted octanol–water partition coefficient (Wildman–Crippen LogP) is 5.50. The van der Waals surface area contributed by atoms with Crippen molar-refractivity contribution in [2.24, 2.45) is 0 Å². The van der Waals surface area contributed by atoms with Gasteiger partial charge in [-0.15, -0.1) is 0 Å². The molecule has 3 aromatic rings. The molecule has 0 aliphatic rings. The minimum Gasteiger partial charge on any atom is -0.386 e. The fourth-order valence-electron chi connectivity index (χ4n) is 2.61. The van der Waals surface area contributed by atoms with E-state index in [4.69, 9.17) is 0 Å². The Morgan fingerprint density at radius 1 is 0.857 bits per heavy atom. The van der Waals surface area contributed by atoms with E-state index in [0.717, 1.165) is 26.5 Å². The summed E-state index contributed by atoms with van der Waals surface area (Å²) < 4.78 is 1.05. The van der Waals surface area contributed by atoms with Gasteiger partial charge in [-0.25, -0.2) is 0 Å². The monoisotopic (exact) mass is 340 g/mol. The van der Waals surface area contributed by atoms with E-state index in [-0.39, 0.29) is 0 Å². The van der Waals surface area contributed by atoms with Crippen LogP contribution in [0.25, 0.3) is 21.9 Å². The van der Waals surface area contributed by atoms with Gasteiger partial charge in [-0.05, 0) is 65.6 Å². The second kappa shape index (κ2) is 5.28. The number of aliphatic hydroxyl groups is 1. The van der Waals surface area contributed by atoms with Crippen molar-refractivity contribution < 1.29 is 5.11 Å². The minimum absolute atomic E-state index is 0.883. The molecule has 0 fully saturated rings. The fourth-order valence-corrected chi connectivity index (χ4v) is 2.88. The molecule has 0 saturated carbocycles. The van der Waals surface area contributed by atoms with Crippen LogP contribution in [0.5, 0.6) is 0 Å². The van der Waals surface area contributed by atoms with Gasteiger partial charge < -0.3 is 5.11 Å². The zero-order chi connectivity index (χ0) is 15.0. The molecule has 0 aliphatic heterocycles. The summed E-state index contributed by atoms with van der Waals surface area (Å²) in [7, 11) is 0. The molecule has 3 aromatic carbocycles. The third-order valence-corrected chi connectivity index (χ3v) is 4.23. The van der Waals surface area contributed by atoms with E-state index in [1.165, 1.54) is 5.39 Å². The molecule has 0 amide bonds. The molecule has 0 aliphatic carbocycles. The van der Waals surface area contributed by atoms with Crippen molar-refractivity contribution in [1.82, 2.24) is 0 Å². The van der Waals surface area contributed by atoms with Gasteiger partial charge in [0.05, 0.1) is 5.60 Å². The lowest BCUT2D eigenvalue weighted by Crippen LogP contribution is -2.16. The number of rotatable bonds is 2. The van der Waals surface area contributed by atoms with E-state index >= 15 is 0 Å². The van der Waals surface area contributed by atoms with Gasteiger partial charge in [-0.3, -0.25) is 0 Å². The summed E-state index contributed by atoms with van der Waals surface area (Å²) in [6.07, 6.45) is 0. The molecule has 0 aromatic heterocycles. The number of halogens is 1. The van der Waals surface area contributed by atoms with E-state index < -0.39 is 5.60 Å². The molecular formula is C19H17BrO. The third-order valence-electron chi connectivity index (χ3n) is 3.70. The second-order valence-electron chi connectivity index (χ2n) is 5.81. The number of benzene rings is 3. The Hall–Kier alpha value is -1.64. The standard InChI is InChI=1S/C19H17BrO/c1-19(2,21)18-12-15-6-4-3-5-14(15)11-17(18)13-7-9-16(20)10-8-13/h3-12,21H,1-2H3. The Labute approximate surface area is 133 Å². The maximum Gasteiger partial charge on any atom is 0.0846 e. The first-order valence-electron chi connectivity index (χ1n) is 6.97. The zero-order valence-electron chi connectivity index (χ0n) is 12.1. The van der Waals surface area contributed by atoms with E-state index in [2.05, 4.69) is 52.3 Å². The molecule has 0 saturated heterocycles. The lowest BCUT2D eigenvalue weighted by Gasteiger charge is -2.23. The average Bonchev–Trinajstić information content (AvgIpc) is 2.46. The average molecular weight is 341 g/mol. The first kappa shape index (κ1) is 14.3. The Morgan fingerprint density at radius 3 is 2.00 bits per heavy atom. The van der Waals surface area contributed by atoms with Gasteiger partial charge >= 0.3 is 0 Å². The summed E-state index contributed by atoms with van der Waals surface area (Å²) in [5, 5.41) is 12.9. The lowest BCUT2D eigenvalue weighted by atomic mass is 9.87. The largest absolute Gasteiger partial charge is 0.386 e. The highest BCUT2D eigenvalue weighted by Gasteiger charge is 2.21. The van der Waals surface area contributed by atoms with Crippen molar-refractivity contribution >= 4 is 26.7 Å². The topological polar surface area (TPSA) is 20.2 Å². The van der Waals surface area contributed by atoms with Crippen molar-refractivity contribution in [3.63, 3.8) is 0 Å². The van der Waals surface area contributed by atoms with Gasteiger partial charge in [0.25, 0.3) is 0 Å². The molecule has 21 heavy (non-hydrogen) atoms. The molecule has 0 unspecified atom stereocenters. The smallest absolute Gasteiger partial charge is 0.0846 e. The Balaban J connectivity index is 2.30. The molecule has 3 rings (SSSR count). The maximum atomic E-state index is 10.5. The molecule has 0 spiro atoms. The quantitative estimate of drug-likeness (QED) is 0.653. The molecule has 106 valence electrons. The van der Waals surface area contributed by atoms with E-state index in [1.54, 1.807) is 0 Å². The fraction of sp³-hybridized carbons (Fsp3) is 0.158. The van der Waals surface area contributed by atoms with E-state index in [9.17, 15) is 5.11 Å². The highest BCUT2D eigenvalue weighted by atomic mass is 79.9. The van der Waals surface area contributed by atoms with Crippen LogP contribution in [-0.4, -0.2) is 5.11 Å². The summed E-state index contributed by atoms with van der Waals surface area (Å²) in [5.74, 6) is 0. The summed E-state index contributed by atoms with van der Waals surface area (Å²) in [5.41, 5.74) is 2.25. The Bertz CT molecular complexity index is 783. The van der Waals surface area contributed by atoms with Crippen LogP contribution < -0.4 is 0 Å². The summed E-state index contributed by atoms with van der Waals surface area (Å²) in [6, 6.07) is 20.7. The SMILES string of the molecule is CC(C)(O)c1cc2ccccc2cc1-c1ccc(Br)cc1. The van der Waals surface area contributed by atoms with Gasteiger partial charge in [0, 0.05) is 4.47 Å². The molecule has 0 heterocycles. The van der Waals surface area contributed by atoms with Crippen LogP contribution >= 0.6 is 15.9 Å². The second-order valence-corrected chi connectivity index (χ2v) is 6.73. The maximum absolute atomic E-state index is 10.5. The zero-order valence-corrected chi connectivity index (χ0v) is 13.7. The van der Waals surface area contributed by atoms with E-state index in [0.29, 0.717) is 0 Å². The minimum atomic E-state index is -0.883. The molecule has 0 bridgehead atoms. The van der Waals surface area contributed by atoms with Crippen LogP contribution in [0.4, 0.5) is 0 Å². The lowest BCUT2D eigenvalue weighted by molar-refractivity contribution is 0.0793. The van der Waals surface area contributed by atoms with Gasteiger partial charge in [0.2, 0.25) is 0 Å². The van der Waals surface area contributed by atoms with E-state index in [1.807, 2.05) is 38.1 Å². The van der Waals surface area contributed by atoms with Crippen LogP contribution in [0, 0.1) is 0 Å². The van der Waals surface area contributed by atoms with Crippen molar-refractivity contribution in [3.05, 3.63) is 70.7 Å². The molecular weight excluding hydrogens is 324 g/mol. The molecule has 1 nitrogen and oxygen atoms in total. The predicted molar refractivity (Wildman–Crippen MR) is 92.3 cm³/mol. The Kier molecular flexibility index (Phi) is 3.60. The van der Waals surface area contributed by atoms with Crippen LogP contribution in [0.2, 0.25) is 0 Å². The van der Waals surface area contributed by atoms with Crippen molar-refractivity contribution in [1.29, 1.82) is 0 Å². The summed E-state index contributed by atoms with van der Waals surface area (Å²) in [6.45, 7) is 3.67. The van der Waals surface area contributed by atoms with Crippen LogP contribution in [0.1, 0.15) is 19.4 Å². The van der Waals surface area contributed by atoms with Gasteiger partial charge in [0.1, 0.15) is 0 Å². The van der Waals surface area contributed by atoms with Gasteiger partial charge in [0.15, 0.2) is 0 Å². The molecule has 1 N–H and O–H groups in total. The van der Waals surface area contributed by atoms with Gasteiger partial charge in [-0.2, -0.15) is 0 Å². The first-order valence-corrected chi connectivity index (χ1v) is 7.76. The molecule has 0 radical (unpaired) electrons. The Morgan fingerprint density at radius 2 is 1.43 bits per heavy atom. The van der Waals surface area contributed by atoms with Crippen molar-refractivity contribution in [3.8, 4) is 11.1 Å². The van der Waals surface area contributed by atoms with Crippen molar-refractivity contribution in [2.75, 3.05) is 0 Å². The highest BCUT2D eigenvalue weighted by molar-refractivity contribution is 9.10. The molecule has 2 heteroatoms. The normalized spacial score (nSPS) is 11.8. The van der Waals surface area contributed by atoms with Crippen LogP contribution in [-0.2, 0) is 5.60 Å². The highest BCUT2D eigenvalue weighted by Crippen LogP contribution is 2.35. The number of fused-ring (bicyclic) bond motifs is 1. The number of hydrogen-bond acceptors (Lipinski definition) is 1. The summed E-state index contributed by atoms with van der Waals surface area (Å²) >= 11 is 3.47. The summed E-state index contributed by atoms with van der Waals surface area (Å²) in [4.78, 5) is 0. The van der Waals surface area contributed by atoms with Crippen LogP contribution in [0.3, 0.4) is 0 Å². The third kappa shape index (κ3) is 2.87. The van der Waals surface area contributed by atoms with Gasteiger partial charge in [-0.1, -0.05) is 52.3 Å². The van der Waals surface area contributed by atoms with Crippen molar-refractivity contribution in [2.45, 2.75) is 19.4 Å². The number of hydrogen-bond donors (Lipinski definition) is 1.